The van der Waals surface area contributed by atoms with Crippen LogP contribution in [0.1, 0.15) is 25.0 Å². The highest BCUT2D eigenvalue weighted by molar-refractivity contribution is 5.89. The van der Waals surface area contributed by atoms with Gasteiger partial charge in [-0.1, -0.05) is 5.16 Å². The van der Waals surface area contributed by atoms with Crippen molar-refractivity contribution in [3.05, 3.63) is 11.8 Å². The predicted octanol–water partition coefficient (Wildman–Crippen LogP) is 0.208. The number of carbonyl (C=O) groups excluding carboxylic acids is 2. The number of aryl methyl sites for hydroxylation is 1. The fourth-order valence-electron chi connectivity index (χ4n) is 2.77. The van der Waals surface area contributed by atoms with E-state index < -0.39 is 0 Å². The van der Waals surface area contributed by atoms with Gasteiger partial charge in [-0.2, -0.15) is 0 Å². The molecule has 1 aliphatic heterocycles. The second-order valence-electron chi connectivity index (χ2n) is 6.58. The lowest BCUT2D eigenvalue weighted by atomic mass is 10.2. The van der Waals surface area contributed by atoms with E-state index in [4.69, 9.17) is 4.52 Å². The van der Waals surface area contributed by atoms with Gasteiger partial charge >= 0.3 is 0 Å². The number of rotatable bonds is 7. The topological polar surface area (TPSA) is 90.7 Å². The molecule has 1 aliphatic carbocycles. The van der Waals surface area contributed by atoms with Crippen LogP contribution in [0.4, 0.5) is 5.82 Å². The summed E-state index contributed by atoms with van der Waals surface area (Å²) in [6.45, 7) is 6.47. The van der Waals surface area contributed by atoms with E-state index in [0.29, 0.717) is 37.1 Å². The molecule has 8 heteroatoms. The van der Waals surface area contributed by atoms with E-state index in [2.05, 4.69) is 25.6 Å². The summed E-state index contributed by atoms with van der Waals surface area (Å²) < 4.78 is 4.92. The summed E-state index contributed by atoms with van der Waals surface area (Å²) in [6.07, 6.45) is 2.67. The second kappa shape index (κ2) is 7.76. The molecule has 0 spiro atoms. The molecule has 2 fully saturated rings. The van der Waals surface area contributed by atoms with Crippen molar-refractivity contribution in [2.75, 3.05) is 44.6 Å². The van der Waals surface area contributed by atoms with Crippen molar-refractivity contribution in [1.29, 1.82) is 0 Å². The Hall–Kier alpha value is -1.93. The Morgan fingerprint density at radius 2 is 1.92 bits per heavy atom. The highest BCUT2D eigenvalue weighted by Crippen LogP contribution is 2.18. The molecule has 8 nitrogen and oxygen atoms in total. The average Bonchev–Trinajstić information content (AvgIpc) is 3.27. The molecule has 1 saturated carbocycles. The first kappa shape index (κ1) is 16.9. The SMILES string of the molecule is Cc1cc(NC(=O)CCN2CCN(CC(=O)NC3CC3)CC2)no1. The number of anilines is 1. The van der Waals surface area contributed by atoms with Crippen LogP contribution < -0.4 is 10.6 Å². The van der Waals surface area contributed by atoms with Gasteiger partial charge in [0.25, 0.3) is 0 Å². The molecular weight excluding hydrogens is 310 g/mol. The van der Waals surface area contributed by atoms with E-state index in [-0.39, 0.29) is 11.8 Å². The van der Waals surface area contributed by atoms with Crippen LogP contribution in [0.2, 0.25) is 0 Å². The van der Waals surface area contributed by atoms with Gasteiger partial charge in [-0.25, -0.2) is 0 Å². The molecule has 2 heterocycles. The van der Waals surface area contributed by atoms with Crippen LogP contribution in [0.15, 0.2) is 10.6 Å². The van der Waals surface area contributed by atoms with E-state index in [1.165, 1.54) is 0 Å². The number of hydrogen-bond acceptors (Lipinski definition) is 6. The van der Waals surface area contributed by atoms with Crippen LogP contribution in [-0.4, -0.2) is 72.1 Å². The van der Waals surface area contributed by atoms with Crippen molar-refractivity contribution in [3.8, 4) is 0 Å². The van der Waals surface area contributed by atoms with Crippen molar-refractivity contribution in [2.24, 2.45) is 0 Å². The van der Waals surface area contributed by atoms with Crippen molar-refractivity contribution < 1.29 is 14.1 Å². The number of carbonyl (C=O) groups is 2. The Kier molecular flexibility index (Phi) is 5.47. The fraction of sp³-hybridized carbons (Fsp3) is 0.688. The Morgan fingerprint density at radius 1 is 1.21 bits per heavy atom. The molecule has 0 radical (unpaired) electrons. The molecule has 0 unspecified atom stereocenters. The molecule has 0 atom stereocenters. The third-order valence-corrected chi connectivity index (χ3v) is 4.33. The van der Waals surface area contributed by atoms with Gasteiger partial charge in [0.2, 0.25) is 11.8 Å². The molecule has 132 valence electrons. The van der Waals surface area contributed by atoms with E-state index >= 15 is 0 Å². The lowest BCUT2D eigenvalue weighted by Crippen LogP contribution is -2.50. The van der Waals surface area contributed by atoms with Gasteiger partial charge < -0.3 is 20.1 Å². The summed E-state index contributed by atoms with van der Waals surface area (Å²) >= 11 is 0. The van der Waals surface area contributed by atoms with Crippen LogP contribution in [0.25, 0.3) is 0 Å². The normalized spacial score (nSPS) is 19.2. The summed E-state index contributed by atoms with van der Waals surface area (Å²) in [4.78, 5) is 28.1. The molecule has 0 bridgehead atoms. The molecule has 1 saturated heterocycles. The maximum absolute atomic E-state index is 11.9. The Balaban J connectivity index is 1.30. The highest BCUT2D eigenvalue weighted by atomic mass is 16.5. The monoisotopic (exact) mass is 335 g/mol. The first-order chi connectivity index (χ1) is 11.6. The number of aromatic nitrogens is 1. The molecule has 2 aliphatic rings. The largest absolute Gasteiger partial charge is 0.360 e. The molecular formula is C16H25N5O3. The number of nitrogens with zero attached hydrogens (tertiary/aromatic N) is 3. The number of nitrogens with one attached hydrogen (secondary N) is 2. The third-order valence-electron chi connectivity index (χ3n) is 4.33. The zero-order valence-electron chi connectivity index (χ0n) is 14.1. The summed E-state index contributed by atoms with van der Waals surface area (Å²) in [5, 5.41) is 9.49. The minimum Gasteiger partial charge on any atom is -0.360 e. The lowest BCUT2D eigenvalue weighted by molar-refractivity contribution is -0.122. The summed E-state index contributed by atoms with van der Waals surface area (Å²) in [6, 6.07) is 2.12. The molecule has 1 aromatic rings. The molecule has 1 aromatic heterocycles. The smallest absolute Gasteiger partial charge is 0.234 e. The van der Waals surface area contributed by atoms with Crippen LogP contribution in [0.3, 0.4) is 0 Å². The van der Waals surface area contributed by atoms with Crippen LogP contribution in [0.5, 0.6) is 0 Å². The van der Waals surface area contributed by atoms with Crippen molar-refractivity contribution in [2.45, 2.75) is 32.2 Å². The van der Waals surface area contributed by atoms with Crippen molar-refractivity contribution in [1.82, 2.24) is 20.3 Å². The Morgan fingerprint density at radius 3 is 2.54 bits per heavy atom. The quantitative estimate of drug-likeness (QED) is 0.740. The van der Waals surface area contributed by atoms with Gasteiger partial charge in [0, 0.05) is 51.3 Å². The first-order valence-electron chi connectivity index (χ1n) is 8.56. The molecule has 24 heavy (non-hydrogen) atoms. The molecule has 0 aromatic carbocycles. The van der Waals surface area contributed by atoms with Gasteiger partial charge in [-0.15, -0.1) is 0 Å². The maximum Gasteiger partial charge on any atom is 0.234 e. The molecule has 3 rings (SSSR count). The lowest BCUT2D eigenvalue weighted by Gasteiger charge is -2.34. The Labute approximate surface area is 141 Å². The minimum absolute atomic E-state index is 0.0606. The second-order valence-corrected chi connectivity index (χ2v) is 6.58. The van der Waals surface area contributed by atoms with E-state index in [1.807, 2.05) is 0 Å². The van der Waals surface area contributed by atoms with Crippen LogP contribution in [-0.2, 0) is 9.59 Å². The van der Waals surface area contributed by atoms with Crippen LogP contribution >= 0.6 is 0 Å². The van der Waals surface area contributed by atoms with Gasteiger partial charge in [0.15, 0.2) is 5.82 Å². The Bertz CT molecular complexity index is 576. The third kappa shape index (κ3) is 5.31. The number of amides is 2. The predicted molar refractivity (Wildman–Crippen MR) is 88.5 cm³/mol. The van der Waals surface area contributed by atoms with Crippen molar-refractivity contribution in [3.63, 3.8) is 0 Å². The minimum atomic E-state index is -0.0606. The zero-order chi connectivity index (χ0) is 16.9. The van der Waals surface area contributed by atoms with Crippen LogP contribution in [0, 0.1) is 6.92 Å². The first-order valence-corrected chi connectivity index (χ1v) is 8.56. The van der Waals surface area contributed by atoms with Gasteiger partial charge in [-0.3, -0.25) is 14.5 Å². The standard InChI is InChI=1S/C16H25N5O3/c1-12-10-14(19-24-12)18-15(22)4-5-20-6-8-21(9-7-20)11-16(23)17-13-2-3-13/h10,13H,2-9,11H2,1H3,(H,17,23)(H,18,19,22). The highest BCUT2D eigenvalue weighted by Gasteiger charge is 2.25. The summed E-state index contributed by atoms with van der Waals surface area (Å²) in [5.74, 6) is 1.21. The van der Waals surface area contributed by atoms with E-state index in [9.17, 15) is 9.59 Å². The zero-order valence-corrected chi connectivity index (χ0v) is 14.1. The van der Waals surface area contributed by atoms with Gasteiger partial charge in [-0.05, 0) is 19.8 Å². The molecule has 2 amide bonds. The molecule has 2 N–H and O–H groups in total. The summed E-state index contributed by atoms with van der Waals surface area (Å²) in [7, 11) is 0. The number of piperazine rings is 1. The average molecular weight is 335 g/mol. The summed E-state index contributed by atoms with van der Waals surface area (Å²) in [5.41, 5.74) is 0. The van der Waals surface area contributed by atoms with Crippen molar-refractivity contribution >= 4 is 17.6 Å². The van der Waals surface area contributed by atoms with Gasteiger partial charge in [0.1, 0.15) is 5.76 Å². The van der Waals surface area contributed by atoms with E-state index in [1.54, 1.807) is 13.0 Å². The van der Waals surface area contributed by atoms with E-state index in [0.717, 1.165) is 39.0 Å². The van der Waals surface area contributed by atoms with Gasteiger partial charge in [0.05, 0.1) is 6.54 Å². The maximum atomic E-state index is 11.9. The number of hydrogen-bond donors (Lipinski definition) is 2. The fourth-order valence-corrected chi connectivity index (χ4v) is 2.77.